The van der Waals surface area contributed by atoms with E-state index in [1.807, 2.05) is 12.1 Å². The van der Waals surface area contributed by atoms with Crippen molar-refractivity contribution in [2.45, 2.75) is 13.0 Å². The Labute approximate surface area is 164 Å². The Kier molecular flexibility index (Phi) is 5.95. The molecule has 9 heteroatoms. The molecule has 0 saturated heterocycles. The van der Waals surface area contributed by atoms with Gasteiger partial charge in [0.1, 0.15) is 22.6 Å². The predicted octanol–water partition coefficient (Wildman–Crippen LogP) is 3.11. The number of nitrogens with one attached hydrogen (secondary N) is 2. The first kappa shape index (κ1) is 19.4. The van der Waals surface area contributed by atoms with Crippen molar-refractivity contribution < 1.29 is 18.7 Å². The van der Waals surface area contributed by atoms with Crippen molar-refractivity contribution in [2.75, 3.05) is 12.4 Å². The third-order valence-corrected chi connectivity index (χ3v) is 4.74. The molecule has 0 aliphatic rings. The zero-order valence-corrected chi connectivity index (χ0v) is 15.9. The van der Waals surface area contributed by atoms with Gasteiger partial charge in [-0.3, -0.25) is 14.9 Å². The highest BCUT2D eigenvalue weighted by Gasteiger charge is 2.20. The number of methoxy groups -OCH3 is 1. The molecule has 0 spiro atoms. The van der Waals surface area contributed by atoms with E-state index in [0.717, 1.165) is 11.3 Å². The van der Waals surface area contributed by atoms with Gasteiger partial charge >= 0.3 is 0 Å². The average molecular weight is 400 g/mol. The third-order valence-electron chi connectivity index (χ3n) is 3.85. The smallest absolute Gasteiger partial charge is 0.254 e. The number of benzene rings is 2. The Hall–Kier alpha value is -3.33. The van der Waals surface area contributed by atoms with Gasteiger partial charge < -0.3 is 10.1 Å². The summed E-state index contributed by atoms with van der Waals surface area (Å²) in [4.78, 5) is 24.4. The number of hydrogen-bond donors (Lipinski definition) is 2. The lowest BCUT2D eigenvalue weighted by Gasteiger charge is -2.13. The van der Waals surface area contributed by atoms with E-state index < -0.39 is 23.7 Å². The first-order chi connectivity index (χ1) is 13.5. The molecule has 1 heterocycles. The summed E-state index contributed by atoms with van der Waals surface area (Å²) in [5.74, 6) is -1.08. The quantitative estimate of drug-likeness (QED) is 0.663. The van der Waals surface area contributed by atoms with Gasteiger partial charge in [0.2, 0.25) is 11.0 Å². The summed E-state index contributed by atoms with van der Waals surface area (Å²) < 4.78 is 18.8. The van der Waals surface area contributed by atoms with Crippen LogP contribution in [0.3, 0.4) is 0 Å². The fraction of sp³-hybridized carbons (Fsp3) is 0.158. The van der Waals surface area contributed by atoms with E-state index in [1.54, 1.807) is 25.3 Å². The maximum atomic E-state index is 13.7. The fourth-order valence-corrected chi connectivity index (χ4v) is 3.07. The minimum atomic E-state index is -0.888. The maximum Gasteiger partial charge on any atom is 0.254 e. The molecule has 2 aromatic carbocycles. The van der Waals surface area contributed by atoms with Crippen molar-refractivity contribution in [1.29, 1.82) is 0 Å². The first-order valence-corrected chi connectivity index (χ1v) is 9.13. The molecule has 1 unspecified atom stereocenters. The van der Waals surface area contributed by atoms with E-state index in [4.69, 9.17) is 4.74 Å². The molecule has 0 aliphatic carbocycles. The lowest BCUT2D eigenvalue weighted by Crippen LogP contribution is -2.41. The number of rotatable bonds is 6. The lowest BCUT2D eigenvalue weighted by atomic mass is 10.2. The molecule has 0 bridgehead atoms. The SMILES string of the molecule is COc1ccc(-c2nnc(NC(=O)C(C)NC(=O)c3ccccc3F)s2)cc1. The highest BCUT2D eigenvalue weighted by Crippen LogP contribution is 2.27. The van der Waals surface area contributed by atoms with Crippen molar-refractivity contribution >= 4 is 28.3 Å². The number of ether oxygens (including phenoxy) is 1. The molecule has 0 radical (unpaired) electrons. The highest BCUT2D eigenvalue weighted by atomic mass is 32.1. The molecule has 3 aromatic rings. The van der Waals surface area contributed by atoms with Gasteiger partial charge in [0.25, 0.3) is 5.91 Å². The second kappa shape index (κ2) is 8.57. The van der Waals surface area contributed by atoms with Gasteiger partial charge in [0.05, 0.1) is 12.7 Å². The molecule has 7 nitrogen and oxygen atoms in total. The predicted molar refractivity (Wildman–Crippen MR) is 104 cm³/mol. The number of carbonyl (C=O) groups excluding carboxylic acids is 2. The molecule has 28 heavy (non-hydrogen) atoms. The number of nitrogens with zero attached hydrogens (tertiary/aromatic N) is 2. The summed E-state index contributed by atoms with van der Waals surface area (Å²) in [5, 5.41) is 14.0. The van der Waals surface area contributed by atoms with Crippen molar-refractivity contribution in [3.05, 3.63) is 59.9 Å². The van der Waals surface area contributed by atoms with Crippen LogP contribution in [0, 0.1) is 5.82 Å². The van der Waals surface area contributed by atoms with Crippen LogP contribution in [0.4, 0.5) is 9.52 Å². The zero-order chi connectivity index (χ0) is 20.1. The molecule has 1 atom stereocenters. The second-order valence-electron chi connectivity index (χ2n) is 5.81. The van der Waals surface area contributed by atoms with Crippen molar-refractivity contribution in [2.24, 2.45) is 0 Å². The van der Waals surface area contributed by atoms with Gasteiger partial charge in [0, 0.05) is 5.56 Å². The normalized spacial score (nSPS) is 11.5. The Morgan fingerprint density at radius 1 is 1.11 bits per heavy atom. The van der Waals surface area contributed by atoms with Crippen LogP contribution < -0.4 is 15.4 Å². The van der Waals surface area contributed by atoms with Crippen LogP contribution in [0.25, 0.3) is 10.6 Å². The molecule has 3 rings (SSSR count). The molecule has 0 aliphatic heterocycles. The summed E-state index contributed by atoms with van der Waals surface area (Å²) in [7, 11) is 1.58. The largest absolute Gasteiger partial charge is 0.497 e. The van der Waals surface area contributed by atoms with Crippen LogP contribution in [-0.4, -0.2) is 35.2 Å². The van der Waals surface area contributed by atoms with Crippen LogP contribution in [-0.2, 0) is 4.79 Å². The van der Waals surface area contributed by atoms with Crippen molar-refractivity contribution in [1.82, 2.24) is 15.5 Å². The van der Waals surface area contributed by atoms with Gasteiger partial charge in [0.15, 0.2) is 0 Å². The number of anilines is 1. The Balaban J connectivity index is 1.62. The second-order valence-corrected chi connectivity index (χ2v) is 6.78. The molecule has 2 amide bonds. The van der Waals surface area contributed by atoms with Crippen LogP contribution in [0.1, 0.15) is 17.3 Å². The highest BCUT2D eigenvalue weighted by molar-refractivity contribution is 7.18. The summed E-state index contributed by atoms with van der Waals surface area (Å²) in [6.45, 7) is 1.50. The van der Waals surface area contributed by atoms with Crippen LogP contribution in [0.15, 0.2) is 48.5 Å². The first-order valence-electron chi connectivity index (χ1n) is 8.32. The van der Waals surface area contributed by atoms with Gasteiger partial charge in [-0.15, -0.1) is 10.2 Å². The van der Waals surface area contributed by atoms with E-state index in [0.29, 0.717) is 10.1 Å². The molecule has 0 fully saturated rings. The number of halogens is 1. The summed E-state index contributed by atoms with van der Waals surface area (Å²) in [5.41, 5.74) is 0.708. The summed E-state index contributed by atoms with van der Waals surface area (Å²) in [6, 6.07) is 11.9. The van der Waals surface area contributed by atoms with Crippen molar-refractivity contribution in [3.8, 4) is 16.3 Å². The zero-order valence-electron chi connectivity index (χ0n) is 15.1. The van der Waals surface area contributed by atoms with Crippen LogP contribution in [0.2, 0.25) is 0 Å². The minimum absolute atomic E-state index is 0.125. The Bertz CT molecular complexity index is 991. The van der Waals surface area contributed by atoms with Gasteiger partial charge in [-0.1, -0.05) is 23.5 Å². The standard InChI is InChI=1S/C19H17FN4O3S/c1-11(21-17(26)14-5-3-4-6-15(14)20)16(25)22-19-24-23-18(28-19)12-7-9-13(27-2)10-8-12/h3-11H,1-2H3,(H,21,26)(H,22,24,25). The fourth-order valence-electron chi connectivity index (χ4n) is 2.32. The molecule has 2 N–H and O–H groups in total. The van der Waals surface area contributed by atoms with Crippen molar-refractivity contribution in [3.63, 3.8) is 0 Å². The van der Waals surface area contributed by atoms with E-state index in [2.05, 4.69) is 20.8 Å². The summed E-state index contributed by atoms with van der Waals surface area (Å²) in [6.07, 6.45) is 0. The van der Waals surface area contributed by atoms with Crippen LogP contribution >= 0.6 is 11.3 Å². The summed E-state index contributed by atoms with van der Waals surface area (Å²) >= 11 is 1.20. The number of aromatic nitrogens is 2. The van der Waals surface area contributed by atoms with E-state index in [1.165, 1.54) is 36.5 Å². The van der Waals surface area contributed by atoms with Crippen LogP contribution in [0.5, 0.6) is 5.75 Å². The van der Waals surface area contributed by atoms with Gasteiger partial charge in [-0.25, -0.2) is 4.39 Å². The number of amides is 2. The molecule has 0 saturated carbocycles. The van der Waals surface area contributed by atoms with Gasteiger partial charge in [-0.05, 0) is 43.3 Å². The van der Waals surface area contributed by atoms with E-state index >= 15 is 0 Å². The van der Waals surface area contributed by atoms with E-state index in [-0.39, 0.29) is 5.56 Å². The lowest BCUT2D eigenvalue weighted by molar-refractivity contribution is -0.117. The molecular weight excluding hydrogens is 383 g/mol. The topological polar surface area (TPSA) is 93.2 Å². The monoisotopic (exact) mass is 400 g/mol. The maximum absolute atomic E-state index is 13.7. The Morgan fingerprint density at radius 2 is 1.82 bits per heavy atom. The number of carbonyl (C=O) groups is 2. The van der Waals surface area contributed by atoms with E-state index in [9.17, 15) is 14.0 Å². The Morgan fingerprint density at radius 3 is 2.50 bits per heavy atom. The van der Waals surface area contributed by atoms with Gasteiger partial charge in [-0.2, -0.15) is 0 Å². The average Bonchev–Trinajstić information content (AvgIpc) is 3.16. The minimum Gasteiger partial charge on any atom is -0.497 e. The molecule has 144 valence electrons. The molecular formula is C19H17FN4O3S. The number of hydrogen-bond acceptors (Lipinski definition) is 6. The third kappa shape index (κ3) is 4.49. The molecule has 1 aromatic heterocycles.